The van der Waals surface area contributed by atoms with Crippen LogP contribution in [-0.4, -0.2) is 32.0 Å². The quantitative estimate of drug-likeness (QED) is 0.267. The molecule has 3 heterocycles. The van der Waals surface area contributed by atoms with Gasteiger partial charge in [0.05, 0.1) is 28.5 Å². The third-order valence-corrected chi connectivity index (χ3v) is 7.46. The summed E-state index contributed by atoms with van der Waals surface area (Å²) in [7, 11) is 0. The number of hydrogen-bond donors (Lipinski definition) is 2. The molecule has 9 heteroatoms. The van der Waals surface area contributed by atoms with Crippen molar-refractivity contribution >= 4 is 40.5 Å². The molecule has 194 valence electrons. The molecule has 2 N–H and O–H groups in total. The SMILES string of the molecule is Cc1cc([C@H]2[C@@H](c3ccccn3)NC(=S)N2CCC(=O)Nc2ccc(F)cc2)c(C)n1-c1ccccc1Cl. The third kappa shape index (κ3) is 5.14. The summed E-state index contributed by atoms with van der Waals surface area (Å²) in [6.07, 6.45) is 1.97. The minimum absolute atomic E-state index is 0.180. The predicted octanol–water partition coefficient (Wildman–Crippen LogP) is 6.28. The molecular weight excluding hydrogens is 521 g/mol. The van der Waals surface area contributed by atoms with E-state index < -0.39 is 0 Å². The van der Waals surface area contributed by atoms with Crippen molar-refractivity contribution < 1.29 is 9.18 Å². The van der Waals surface area contributed by atoms with E-state index in [1.165, 1.54) is 12.1 Å². The summed E-state index contributed by atoms with van der Waals surface area (Å²) in [4.78, 5) is 19.4. The number of para-hydroxylation sites is 1. The van der Waals surface area contributed by atoms with Gasteiger partial charge in [0.15, 0.2) is 5.11 Å². The molecule has 0 aliphatic carbocycles. The van der Waals surface area contributed by atoms with Gasteiger partial charge < -0.3 is 20.1 Å². The van der Waals surface area contributed by atoms with Gasteiger partial charge in [0.25, 0.3) is 0 Å². The van der Waals surface area contributed by atoms with Gasteiger partial charge in [0.2, 0.25) is 5.91 Å². The zero-order valence-corrected chi connectivity index (χ0v) is 22.6. The van der Waals surface area contributed by atoms with Gasteiger partial charge in [0.1, 0.15) is 5.82 Å². The van der Waals surface area contributed by atoms with Crippen LogP contribution < -0.4 is 10.6 Å². The van der Waals surface area contributed by atoms with Crippen LogP contribution in [0.25, 0.3) is 5.69 Å². The molecule has 2 aromatic heterocycles. The molecule has 4 aromatic rings. The summed E-state index contributed by atoms with van der Waals surface area (Å²) in [5.41, 5.74) is 5.46. The fourth-order valence-corrected chi connectivity index (χ4v) is 5.61. The lowest BCUT2D eigenvalue weighted by Gasteiger charge is -2.28. The number of nitrogens with one attached hydrogen (secondary N) is 2. The first-order valence-electron chi connectivity index (χ1n) is 12.3. The molecule has 0 radical (unpaired) electrons. The van der Waals surface area contributed by atoms with E-state index in [1.807, 2.05) is 42.5 Å². The fourth-order valence-electron chi connectivity index (χ4n) is 5.05. The van der Waals surface area contributed by atoms with Crippen LogP contribution in [0.5, 0.6) is 0 Å². The van der Waals surface area contributed by atoms with Crippen LogP contribution in [0.3, 0.4) is 0 Å². The Labute approximate surface area is 231 Å². The molecule has 1 aliphatic heterocycles. The monoisotopic (exact) mass is 547 g/mol. The molecule has 2 atom stereocenters. The van der Waals surface area contributed by atoms with Crippen LogP contribution in [-0.2, 0) is 4.79 Å². The maximum absolute atomic E-state index is 13.2. The first kappa shape index (κ1) is 25.9. The van der Waals surface area contributed by atoms with Crippen molar-refractivity contribution in [3.05, 3.63) is 112 Å². The Bertz CT molecular complexity index is 1470. The van der Waals surface area contributed by atoms with Gasteiger partial charge in [-0.05, 0) is 86.2 Å². The lowest BCUT2D eigenvalue weighted by atomic mass is 9.96. The molecule has 0 spiro atoms. The molecule has 1 fully saturated rings. The number of nitrogens with zero attached hydrogens (tertiary/aromatic N) is 3. The topological polar surface area (TPSA) is 62.2 Å². The predicted molar refractivity (Wildman–Crippen MR) is 152 cm³/mol. The molecule has 0 unspecified atom stereocenters. The molecule has 1 saturated heterocycles. The van der Waals surface area contributed by atoms with E-state index in [2.05, 4.69) is 45.0 Å². The number of carbonyl (C=O) groups excluding carboxylic acids is 1. The fraction of sp³-hybridized carbons (Fsp3) is 0.207. The highest BCUT2D eigenvalue weighted by Crippen LogP contribution is 2.41. The Morgan fingerprint density at radius 1 is 1.11 bits per heavy atom. The first-order chi connectivity index (χ1) is 18.3. The number of aromatic nitrogens is 2. The Balaban J connectivity index is 1.47. The Hall–Kier alpha value is -3.75. The van der Waals surface area contributed by atoms with Gasteiger partial charge in [-0.25, -0.2) is 4.39 Å². The Morgan fingerprint density at radius 2 is 1.84 bits per heavy atom. The molecular formula is C29H27ClFN5OS. The highest BCUT2D eigenvalue weighted by molar-refractivity contribution is 7.80. The standard InChI is InChI=1S/C29H27ClFN5OS/c1-18-17-22(19(2)36(18)25-9-4-3-7-23(25)30)28-27(24-8-5-6-15-32-24)34-29(38)35(28)16-14-26(37)33-21-12-10-20(31)11-13-21/h3-13,15,17,27-28H,14,16H2,1-2H3,(H,33,37)(H,34,38)/t27-,28+/m1/s1. The van der Waals surface area contributed by atoms with Crippen molar-refractivity contribution in [1.29, 1.82) is 0 Å². The number of benzene rings is 2. The zero-order valence-electron chi connectivity index (χ0n) is 21.0. The van der Waals surface area contributed by atoms with Crippen molar-refractivity contribution in [3.8, 4) is 5.69 Å². The number of amides is 1. The second-order valence-electron chi connectivity index (χ2n) is 9.24. The van der Waals surface area contributed by atoms with Crippen LogP contribution in [0, 0.1) is 19.7 Å². The Morgan fingerprint density at radius 3 is 2.55 bits per heavy atom. The highest BCUT2D eigenvalue weighted by Gasteiger charge is 2.41. The zero-order chi connectivity index (χ0) is 26.8. The van der Waals surface area contributed by atoms with E-state index in [4.69, 9.17) is 23.8 Å². The highest BCUT2D eigenvalue weighted by atomic mass is 35.5. The van der Waals surface area contributed by atoms with Crippen LogP contribution >= 0.6 is 23.8 Å². The summed E-state index contributed by atoms with van der Waals surface area (Å²) in [6.45, 7) is 4.52. The van der Waals surface area contributed by atoms with E-state index in [0.717, 1.165) is 28.3 Å². The lowest BCUT2D eigenvalue weighted by molar-refractivity contribution is -0.116. The third-order valence-electron chi connectivity index (χ3n) is 6.79. The average Bonchev–Trinajstić information content (AvgIpc) is 3.39. The number of thiocarbonyl (C=S) groups is 1. The van der Waals surface area contributed by atoms with E-state index >= 15 is 0 Å². The number of hydrogen-bond acceptors (Lipinski definition) is 3. The van der Waals surface area contributed by atoms with Crippen molar-refractivity contribution in [2.45, 2.75) is 32.4 Å². The molecule has 6 nitrogen and oxygen atoms in total. The van der Waals surface area contributed by atoms with Gasteiger partial charge in [-0.15, -0.1) is 0 Å². The molecule has 1 amide bonds. The van der Waals surface area contributed by atoms with E-state index in [1.54, 1.807) is 18.3 Å². The largest absolute Gasteiger partial charge is 0.352 e. The molecule has 2 aromatic carbocycles. The minimum Gasteiger partial charge on any atom is -0.352 e. The van der Waals surface area contributed by atoms with Crippen LogP contribution in [0.1, 0.15) is 41.1 Å². The lowest BCUT2D eigenvalue weighted by Crippen LogP contribution is -2.32. The number of carbonyl (C=O) groups is 1. The molecule has 38 heavy (non-hydrogen) atoms. The summed E-state index contributed by atoms with van der Waals surface area (Å²) < 4.78 is 15.4. The second-order valence-corrected chi connectivity index (χ2v) is 10.0. The van der Waals surface area contributed by atoms with Crippen LogP contribution in [0.15, 0.2) is 79.0 Å². The number of anilines is 1. The normalized spacial score (nSPS) is 16.9. The number of aryl methyl sites for hydroxylation is 1. The number of halogens is 2. The van der Waals surface area contributed by atoms with Crippen molar-refractivity contribution in [2.75, 3.05) is 11.9 Å². The van der Waals surface area contributed by atoms with Gasteiger partial charge in [0, 0.05) is 36.2 Å². The van der Waals surface area contributed by atoms with Gasteiger partial charge in [-0.1, -0.05) is 29.8 Å². The van der Waals surface area contributed by atoms with E-state index in [-0.39, 0.29) is 30.2 Å². The van der Waals surface area contributed by atoms with E-state index in [9.17, 15) is 9.18 Å². The van der Waals surface area contributed by atoms with Crippen molar-refractivity contribution in [2.24, 2.45) is 0 Å². The molecule has 0 bridgehead atoms. The maximum Gasteiger partial charge on any atom is 0.226 e. The summed E-state index contributed by atoms with van der Waals surface area (Å²) in [6, 6.07) is 21.0. The van der Waals surface area contributed by atoms with Gasteiger partial charge >= 0.3 is 0 Å². The van der Waals surface area contributed by atoms with E-state index in [0.29, 0.717) is 22.4 Å². The van der Waals surface area contributed by atoms with Crippen molar-refractivity contribution in [3.63, 3.8) is 0 Å². The van der Waals surface area contributed by atoms with Crippen molar-refractivity contribution in [1.82, 2.24) is 19.8 Å². The molecule has 0 saturated carbocycles. The van der Waals surface area contributed by atoms with Crippen LogP contribution in [0.4, 0.5) is 10.1 Å². The smallest absolute Gasteiger partial charge is 0.226 e. The summed E-state index contributed by atoms with van der Waals surface area (Å²) >= 11 is 12.3. The minimum atomic E-state index is -0.353. The van der Waals surface area contributed by atoms with Crippen LogP contribution in [0.2, 0.25) is 5.02 Å². The maximum atomic E-state index is 13.2. The molecule has 5 rings (SSSR count). The average molecular weight is 548 g/mol. The Kier molecular flexibility index (Phi) is 7.44. The van der Waals surface area contributed by atoms with Gasteiger partial charge in [-0.2, -0.15) is 0 Å². The second kappa shape index (κ2) is 10.9. The number of rotatable bonds is 7. The summed E-state index contributed by atoms with van der Waals surface area (Å²) in [5, 5.41) is 7.49. The van der Waals surface area contributed by atoms with Gasteiger partial charge in [-0.3, -0.25) is 9.78 Å². The molecule has 1 aliphatic rings. The summed E-state index contributed by atoms with van der Waals surface area (Å²) in [5.74, 6) is -0.532. The number of pyridine rings is 1. The first-order valence-corrected chi connectivity index (χ1v) is 13.1.